The first kappa shape index (κ1) is 27.1. The van der Waals surface area contributed by atoms with Gasteiger partial charge in [0.05, 0.1) is 10.9 Å². The molecule has 0 atom stereocenters. The third-order valence-electron chi connectivity index (χ3n) is 5.13. The average molecular weight is 448 g/mol. The summed E-state index contributed by atoms with van der Waals surface area (Å²) in [5.41, 5.74) is 5.70. The van der Waals surface area contributed by atoms with Crippen LogP contribution in [0.1, 0.15) is 69.4 Å². The normalized spacial score (nSPS) is 11.1. The van der Waals surface area contributed by atoms with Crippen LogP contribution in [0.5, 0.6) is 0 Å². The van der Waals surface area contributed by atoms with Gasteiger partial charge >= 0.3 is 5.69 Å². The molecule has 2 aromatic heterocycles. The van der Waals surface area contributed by atoms with Crippen LogP contribution in [-0.2, 0) is 6.54 Å². The molecule has 0 saturated carbocycles. The third-order valence-corrected chi connectivity index (χ3v) is 5.13. The highest BCUT2D eigenvalue weighted by Crippen LogP contribution is 2.20. The molecule has 2 aromatic rings. The zero-order valence-electron chi connectivity index (χ0n) is 17.5. The second-order valence-corrected chi connectivity index (χ2v) is 7.20. The number of H-pyrrole nitrogens is 1. The lowest BCUT2D eigenvalue weighted by Crippen LogP contribution is -2.49. The van der Waals surface area contributed by atoms with Crippen molar-refractivity contribution in [2.75, 3.05) is 6.54 Å². The summed E-state index contributed by atoms with van der Waals surface area (Å²) in [7, 11) is 0. The molecule has 0 aromatic carbocycles. The van der Waals surface area contributed by atoms with Crippen LogP contribution in [0.15, 0.2) is 15.7 Å². The molecular formula is C19H31Cl2N5O3. The number of carbonyl (C=O) groups is 1. The summed E-state index contributed by atoms with van der Waals surface area (Å²) in [6.45, 7) is 10.2. The molecule has 0 bridgehead atoms. The van der Waals surface area contributed by atoms with Crippen LogP contribution in [0.4, 0.5) is 0 Å². The molecule has 1 amide bonds. The minimum Gasteiger partial charge on any atom is -0.350 e. The van der Waals surface area contributed by atoms with E-state index in [0.29, 0.717) is 31.6 Å². The molecule has 29 heavy (non-hydrogen) atoms. The highest BCUT2D eigenvalue weighted by atomic mass is 35.5. The Hall–Kier alpha value is -1.90. The van der Waals surface area contributed by atoms with E-state index in [4.69, 9.17) is 5.73 Å². The number of nitrogens with zero attached hydrogens (tertiary/aromatic N) is 2. The first-order chi connectivity index (χ1) is 12.7. The maximum absolute atomic E-state index is 12.9. The summed E-state index contributed by atoms with van der Waals surface area (Å²) in [4.78, 5) is 44.3. The van der Waals surface area contributed by atoms with E-state index in [1.807, 2.05) is 27.7 Å². The summed E-state index contributed by atoms with van der Waals surface area (Å²) in [6, 6.07) is 1.62. The Kier molecular flexibility index (Phi) is 10.1. The Morgan fingerprint density at radius 3 is 2.31 bits per heavy atom. The van der Waals surface area contributed by atoms with Crippen LogP contribution in [0.25, 0.3) is 11.0 Å². The number of hydrogen-bond donors (Lipinski definition) is 3. The standard InChI is InChI=1S/C19H29N5O3.2ClH/c1-6-19(20,7-2)10-21-16(25)12-9-13(11(4)5)22-15-14(12)17(26)23-18(27)24(15)8-3;;/h9,11H,6-8,10,20H2,1-5H3,(H,21,25)(H,23,26,27);2*1H. The van der Waals surface area contributed by atoms with E-state index in [2.05, 4.69) is 15.3 Å². The van der Waals surface area contributed by atoms with Gasteiger partial charge in [0.2, 0.25) is 0 Å². The second-order valence-electron chi connectivity index (χ2n) is 7.20. The maximum atomic E-state index is 12.9. The van der Waals surface area contributed by atoms with E-state index in [9.17, 15) is 14.4 Å². The fourth-order valence-corrected chi connectivity index (χ4v) is 2.91. The van der Waals surface area contributed by atoms with Crippen LogP contribution in [0.3, 0.4) is 0 Å². The number of halogens is 2. The number of fused-ring (bicyclic) bond motifs is 1. The smallest absolute Gasteiger partial charge is 0.329 e. The number of amides is 1. The van der Waals surface area contributed by atoms with Gasteiger partial charge in [-0.25, -0.2) is 9.78 Å². The van der Waals surface area contributed by atoms with E-state index < -0.39 is 22.7 Å². The number of nitrogens with two attached hydrogens (primary N) is 1. The molecule has 0 aliphatic heterocycles. The fourth-order valence-electron chi connectivity index (χ4n) is 2.91. The van der Waals surface area contributed by atoms with Gasteiger partial charge in [0.25, 0.3) is 11.5 Å². The number of aromatic amines is 1. The zero-order chi connectivity index (χ0) is 20.4. The summed E-state index contributed by atoms with van der Waals surface area (Å²) in [5, 5.41) is 2.97. The van der Waals surface area contributed by atoms with Crippen LogP contribution in [-0.4, -0.2) is 32.5 Å². The molecular weight excluding hydrogens is 417 g/mol. The van der Waals surface area contributed by atoms with Crippen LogP contribution < -0.4 is 22.3 Å². The van der Waals surface area contributed by atoms with Gasteiger partial charge in [-0.2, -0.15) is 0 Å². The molecule has 0 saturated heterocycles. The minimum absolute atomic E-state index is 0. The van der Waals surface area contributed by atoms with Crippen molar-refractivity contribution in [1.29, 1.82) is 0 Å². The van der Waals surface area contributed by atoms with Gasteiger partial charge in [-0.15, -0.1) is 24.8 Å². The summed E-state index contributed by atoms with van der Waals surface area (Å²) in [5.74, 6) is -0.367. The first-order valence-corrected chi connectivity index (χ1v) is 9.42. The van der Waals surface area contributed by atoms with Crippen molar-refractivity contribution in [2.24, 2.45) is 5.73 Å². The van der Waals surface area contributed by atoms with E-state index in [1.165, 1.54) is 4.57 Å². The highest BCUT2D eigenvalue weighted by Gasteiger charge is 2.24. The molecule has 0 aliphatic rings. The first-order valence-electron chi connectivity index (χ1n) is 9.42. The van der Waals surface area contributed by atoms with Crippen molar-refractivity contribution in [3.05, 3.63) is 38.2 Å². The van der Waals surface area contributed by atoms with Gasteiger partial charge in [0, 0.05) is 24.3 Å². The van der Waals surface area contributed by atoms with Gasteiger partial charge < -0.3 is 11.1 Å². The number of carbonyl (C=O) groups excluding carboxylic acids is 1. The topological polar surface area (TPSA) is 123 Å². The summed E-state index contributed by atoms with van der Waals surface area (Å²) < 4.78 is 1.37. The van der Waals surface area contributed by atoms with Crippen molar-refractivity contribution < 1.29 is 4.79 Å². The summed E-state index contributed by atoms with van der Waals surface area (Å²) in [6.07, 6.45) is 1.43. The number of aromatic nitrogens is 3. The maximum Gasteiger partial charge on any atom is 0.329 e. The molecule has 164 valence electrons. The van der Waals surface area contributed by atoms with E-state index >= 15 is 0 Å². The van der Waals surface area contributed by atoms with E-state index in [1.54, 1.807) is 13.0 Å². The lowest BCUT2D eigenvalue weighted by atomic mass is 9.94. The Bertz CT molecular complexity index is 965. The minimum atomic E-state index is -0.613. The van der Waals surface area contributed by atoms with Gasteiger partial charge in [0.15, 0.2) is 5.65 Å². The van der Waals surface area contributed by atoms with Gasteiger partial charge in [-0.1, -0.05) is 27.7 Å². The van der Waals surface area contributed by atoms with Crippen LogP contribution in [0.2, 0.25) is 0 Å². The predicted molar refractivity (Wildman–Crippen MR) is 121 cm³/mol. The monoisotopic (exact) mass is 447 g/mol. The SMILES string of the molecule is CCn1c(=O)[nH]c(=O)c2c(C(=O)NCC(N)(CC)CC)cc(C(C)C)nc21.Cl.Cl. The zero-order valence-corrected chi connectivity index (χ0v) is 19.1. The predicted octanol–water partition coefficient (Wildman–Crippen LogP) is 2.32. The number of hydrogen-bond acceptors (Lipinski definition) is 5. The Balaban J connectivity index is 0.00000392. The van der Waals surface area contributed by atoms with E-state index in [0.717, 1.165) is 0 Å². The molecule has 0 spiro atoms. The van der Waals surface area contributed by atoms with Crippen molar-refractivity contribution in [2.45, 2.75) is 65.5 Å². The van der Waals surface area contributed by atoms with Crippen molar-refractivity contribution in [3.63, 3.8) is 0 Å². The number of aryl methyl sites for hydroxylation is 1. The molecule has 10 heteroatoms. The molecule has 0 aliphatic carbocycles. The van der Waals surface area contributed by atoms with Crippen LogP contribution in [0, 0.1) is 0 Å². The number of nitrogens with one attached hydrogen (secondary N) is 2. The molecule has 0 fully saturated rings. The molecule has 2 heterocycles. The lowest BCUT2D eigenvalue weighted by molar-refractivity contribution is 0.0943. The average Bonchev–Trinajstić information content (AvgIpc) is 2.65. The summed E-state index contributed by atoms with van der Waals surface area (Å²) >= 11 is 0. The molecule has 0 unspecified atom stereocenters. The van der Waals surface area contributed by atoms with Crippen molar-refractivity contribution in [1.82, 2.24) is 19.9 Å². The molecule has 8 nitrogen and oxygen atoms in total. The quantitative estimate of drug-likeness (QED) is 0.600. The Labute approximate surface area is 182 Å². The molecule has 2 rings (SSSR count). The largest absolute Gasteiger partial charge is 0.350 e. The van der Waals surface area contributed by atoms with Gasteiger partial charge in [0.1, 0.15) is 0 Å². The Morgan fingerprint density at radius 1 is 1.24 bits per heavy atom. The molecule has 4 N–H and O–H groups in total. The highest BCUT2D eigenvalue weighted by molar-refractivity contribution is 6.05. The number of rotatable bonds is 7. The molecule has 0 radical (unpaired) electrons. The van der Waals surface area contributed by atoms with Crippen molar-refractivity contribution >= 4 is 41.8 Å². The van der Waals surface area contributed by atoms with E-state index in [-0.39, 0.29) is 47.3 Å². The Morgan fingerprint density at radius 2 is 1.83 bits per heavy atom. The lowest BCUT2D eigenvalue weighted by Gasteiger charge is -2.27. The number of pyridine rings is 1. The van der Waals surface area contributed by atoms with Crippen molar-refractivity contribution in [3.8, 4) is 0 Å². The third kappa shape index (κ3) is 5.58. The second kappa shape index (κ2) is 10.8. The fraction of sp³-hybridized carbons (Fsp3) is 0.579. The van der Waals surface area contributed by atoms with Gasteiger partial charge in [-0.05, 0) is 31.7 Å². The van der Waals surface area contributed by atoms with Crippen LogP contribution >= 0.6 is 24.8 Å². The van der Waals surface area contributed by atoms with Gasteiger partial charge in [-0.3, -0.25) is 19.1 Å².